The van der Waals surface area contributed by atoms with E-state index < -0.39 is 10.0 Å². The molecule has 1 aliphatic rings. The van der Waals surface area contributed by atoms with Crippen LogP contribution >= 0.6 is 0 Å². The van der Waals surface area contributed by atoms with E-state index in [2.05, 4.69) is 21.6 Å². The van der Waals surface area contributed by atoms with Gasteiger partial charge in [0.1, 0.15) is 0 Å². The predicted octanol–water partition coefficient (Wildman–Crippen LogP) is 1.98. The normalized spacial score (nSPS) is 17.5. The van der Waals surface area contributed by atoms with Gasteiger partial charge < -0.3 is 4.90 Å². The Hall–Kier alpha value is -1.11. The lowest BCUT2D eigenvalue weighted by Crippen LogP contribution is -2.43. The summed E-state index contributed by atoms with van der Waals surface area (Å²) < 4.78 is 26.4. The Labute approximate surface area is 134 Å². The van der Waals surface area contributed by atoms with Crippen molar-refractivity contribution in [2.75, 3.05) is 43.7 Å². The lowest BCUT2D eigenvalue weighted by atomic mass is 10.2. The lowest BCUT2D eigenvalue weighted by Gasteiger charge is -2.32. The fourth-order valence-electron chi connectivity index (χ4n) is 2.51. The Kier molecular flexibility index (Phi) is 6.23. The molecule has 1 fully saturated rings. The number of anilines is 1. The Bertz CT molecular complexity index is 549. The molecule has 1 heterocycles. The summed E-state index contributed by atoms with van der Waals surface area (Å²) in [4.78, 5) is 4.77. The summed E-state index contributed by atoms with van der Waals surface area (Å²) in [6, 6.07) is 7.73. The van der Waals surface area contributed by atoms with Gasteiger partial charge in [0.05, 0.1) is 5.75 Å². The number of nitrogens with one attached hydrogen (secondary N) is 1. The van der Waals surface area contributed by atoms with E-state index in [4.69, 9.17) is 0 Å². The number of hydrogen-bond acceptors (Lipinski definition) is 4. The summed E-state index contributed by atoms with van der Waals surface area (Å²) in [6.07, 6.45) is 1.57. The summed E-state index contributed by atoms with van der Waals surface area (Å²) in [5.74, 6) is 0.187. The maximum atomic E-state index is 11.9. The highest BCUT2D eigenvalue weighted by Crippen LogP contribution is 2.14. The standard InChI is InChI=1S/C16H27N3O2S/c1-3-4-13-22(20,21)17-16-7-5-15(6-8-16)14-19-11-9-18(2)10-12-19/h5-8,17H,3-4,9-14H2,1-2H3. The van der Waals surface area contributed by atoms with Crippen LogP contribution in [0.4, 0.5) is 5.69 Å². The lowest BCUT2D eigenvalue weighted by molar-refractivity contribution is 0.148. The van der Waals surface area contributed by atoms with E-state index in [9.17, 15) is 8.42 Å². The van der Waals surface area contributed by atoms with Gasteiger partial charge >= 0.3 is 0 Å². The highest BCUT2D eigenvalue weighted by molar-refractivity contribution is 7.92. The van der Waals surface area contributed by atoms with Crippen LogP contribution < -0.4 is 4.72 Å². The zero-order chi connectivity index (χ0) is 16.0. The largest absolute Gasteiger partial charge is 0.304 e. The summed E-state index contributed by atoms with van der Waals surface area (Å²) >= 11 is 0. The van der Waals surface area contributed by atoms with Gasteiger partial charge in [-0.2, -0.15) is 0 Å². The van der Waals surface area contributed by atoms with E-state index in [1.165, 1.54) is 5.56 Å². The topological polar surface area (TPSA) is 52.7 Å². The van der Waals surface area contributed by atoms with Gasteiger partial charge in [-0.1, -0.05) is 25.5 Å². The first-order valence-electron chi connectivity index (χ1n) is 7.99. The number of piperazine rings is 1. The predicted molar refractivity (Wildman–Crippen MR) is 91.5 cm³/mol. The molecule has 1 N–H and O–H groups in total. The van der Waals surface area contributed by atoms with Crippen molar-refractivity contribution < 1.29 is 8.42 Å². The molecule has 22 heavy (non-hydrogen) atoms. The second-order valence-electron chi connectivity index (χ2n) is 6.05. The first-order chi connectivity index (χ1) is 10.5. The van der Waals surface area contributed by atoms with Gasteiger partial charge in [-0.25, -0.2) is 8.42 Å². The second-order valence-corrected chi connectivity index (χ2v) is 7.89. The number of hydrogen-bond donors (Lipinski definition) is 1. The van der Waals surface area contributed by atoms with Gasteiger partial charge in [0.15, 0.2) is 0 Å². The maximum Gasteiger partial charge on any atom is 0.232 e. The summed E-state index contributed by atoms with van der Waals surface area (Å²) in [5, 5.41) is 0. The monoisotopic (exact) mass is 325 g/mol. The number of benzene rings is 1. The Morgan fingerprint density at radius 1 is 1.09 bits per heavy atom. The third kappa shape index (κ3) is 5.59. The average molecular weight is 325 g/mol. The molecule has 1 aromatic carbocycles. The zero-order valence-corrected chi connectivity index (χ0v) is 14.4. The molecular formula is C16H27N3O2S. The van der Waals surface area contributed by atoms with Crippen LogP contribution in [0.15, 0.2) is 24.3 Å². The minimum Gasteiger partial charge on any atom is -0.304 e. The zero-order valence-electron chi connectivity index (χ0n) is 13.6. The number of nitrogens with zero attached hydrogens (tertiary/aromatic N) is 2. The van der Waals surface area contributed by atoms with Crippen LogP contribution in [0.25, 0.3) is 0 Å². The van der Waals surface area contributed by atoms with Crippen LogP contribution in [0.3, 0.4) is 0 Å². The molecule has 0 saturated carbocycles. The van der Waals surface area contributed by atoms with E-state index in [0.29, 0.717) is 12.1 Å². The number of unbranched alkanes of at least 4 members (excludes halogenated alkanes) is 1. The maximum absolute atomic E-state index is 11.9. The fourth-order valence-corrected chi connectivity index (χ4v) is 3.77. The minimum absolute atomic E-state index is 0.187. The Morgan fingerprint density at radius 2 is 1.73 bits per heavy atom. The molecule has 124 valence electrons. The van der Waals surface area contributed by atoms with Gasteiger partial charge in [0.2, 0.25) is 10.0 Å². The van der Waals surface area contributed by atoms with Crippen LogP contribution in [0.1, 0.15) is 25.3 Å². The SMILES string of the molecule is CCCCS(=O)(=O)Nc1ccc(CN2CCN(C)CC2)cc1. The molecule has 0 unspecified atom stereocenters. The van der Waals surface area contributed by atoms with Crippen molar-refractivity contribution in [1.82, 2.24) is 9.80 Å². The van der Waals surface area contributed by atoms with Gasteiger partial charge in [-0.05, 0) is 31.2 Å². The third-order valence-electron chi connectivity index (χ3n) is 4.00. The van der Waals surface area contributed by atoms with E-state index >= 15 is 0 Å². The van der Waals surface area contributed by atoms with Crippen molar-refractivity contribution in [3.8, 4) is 0 Å². The Morgan fingerprint density at radius 3 is 2.32 bits per heavy atom. The van der Waals surface area contributed by atoms with Crippen LogP contribution in [-0.2, 0) is 16.6 Å². The molecule has 0 bridgehead atoms. The smallest absolute Gasteiger partial charge is 0.232 e. The molecule has 0 spiro atoms. The van der Waals surface area contributed by atoms with Crippen molar-refractivity contribution >= 4 is 15.7 Å². The molecule has 1 saturated heterocycles. The molecule has 1 aromatic rings. The van der Waals surface area contributed by atoms with Crippen LogP contribution in [0, 0.1) is 0 Å². The molecular weight excluding hydrogens is 298 g/mol. The van der Waals surface area contributed by atoms with E-state index in [1.807, 2.05) is 31.2 Å². The Balaban J connectivity index is 1.87. The molecule has 0 radical (unpaired) electrons. The number of likely N-dealkylation sites (N-methyl/N-ethyl adjacent to an activating group) is 1. The summed E-state index contributed by atoms with van der Waals surface area (Å²) in [7, 11) is -1.06. The van der Waals surface area contributed by atoms with Crippen molar-refractivity contribution in [3.63, 3.8) is 0 Å². The molecule has 1 aliphatic heterocycles. The van der Waals surface area contributed by atoms with E-state index in [1.54, 1.807) is 0 Å². The fraction of sp³-hybridized carbons (Fsp3) is 0.625. The van der Waals surface area contributed by atoms with Crippen molar-refractivity contribution in [2.24, 2.45) is 0 Å². The van der Waals surface area contributed by atoms with Gasteiger partial charge in [-0.3, -0.25) is 9.62 Å². The number of rotatable bonds is 7. The average Bonchev–Trinajstić information content (AvgIpc) is 2.49. The first kappa shape index (κ1) is 17.2. The van der Waals surface area contributed by atoms with Crippen LogP contribution in [-0.4, -0.2) is 57.2 Å². The molecule has 6 heteroatoms. The molecule has 0 amide bonds. The first-order valence-corrected chi connectivity index (χ1v) is 9.64. The molecule has 0 aliphatic carbocycles. The van der Waals surface area contributed by atoms with E-state index in [0.717, 1.165) is 39.1 Å². The second kappa shape index (κ2) is 7.94. The van der Waals surface area contributed by atoms with Crippen molar-refractivity contribution in [3.05, 3.63) is 29.8 Å². The van der Waals surface area contributed by atoms with Gasteiger partial charge in [0.25, 0.3) is 0 Å². The summed E-state index contributed by atoms with van der Waals surface area (Å²) in [5.41, 5.74) is 1.87. The van der Waals surface area contributed by atoms with E-state index in [-0.39, 0.29) is 5.75 Å². The van der Waals surface area contributed by atoms with Gasteiger partial charge in [-0.15, -0.1) is 0 Å². The third-order valence-corrected chi connectivity index (χ3v) is 5.37. The molecule has 0 aromatic heterocycles. The van der Waals surface area contributed by atoms with Crippen molar-refractivity contribution in [1.29, 1.82) is 0 Å². The molecule has 2 rings (SSSR count). The van der Waals surface area contributed by atoms with Crippen LogP contribution in [0.5, 0.6) is 0 Å². The highest BCUT2D eigenvalue weighted by atomic mass is 32.2. The summed E-state index contributed by atoms with van der Waals surface area (Å²) in [6.45, 7) is 7.30. The molecule has 0 atom stereocenters. The highest BCUT2D eigenvalue weighted by Gasteiger charge is 2.14. The van der Waals surface area contributed by atoms with Crippen molar-refractivity contribution in [2.45, 2.75) is 26.3 Å². The quantitative estimate of drug-likeness (QED) is 0.833. The molecule has 5 nitrogen and oxygen atoms in total. The van der Waals surface area contributed by atoms with Gasteiger partial charge in [0, 0.05) is 38.4 Å². The van der Waals surface area contributed by atoms with Crippen LogP contribution in [0.2, 0.25) is 0 Å². The number of sulfonamides is 1. The minimum atomic E-state index is -3.21.